The Morgan fingerprint density at radius 1 is 1.04 bits per heavy atom. The van der Waals surface area contributed by atoms with E-state index in [0.717, 1.165) is 6.54 Å². The average molecular weight is 330 g/mol. The summed E-state index contributed by atoms with van der Waals surface area (Å²) in [7, 11) is 0. The van der Waals surface area contributed by atoms with Crippen molar-refractivity contribution in [1.29, 1.82) is 0 Å². The van der Waals surface area contributed by atoms with Crippen molar-refractivity contribution in [2.24, 2.45) is 0 Å². The molecule has 2 heterocycles. The van der Waals surface area contributed by atoms with Crippen LogP contribution in [0.1, 0.15) is 51.5 Å². The van der Waals surface area contributed by atoms with Crippen molar-refractivity contribution in [2.75, 3.05) is 37.6 Å². The fraction of sp³-hybridized carbons (Fsp3) is 0.714. The van der Waals surface area contributed by atoms with E-state index in [2.05, 4.69) is 60.2 Å². The smallest absolute Gasteiger partial charge is 0.0368 e. The van der Waals surface area contributed by atoms with Crippen LogP contribution in [0.15, 0.2) is 24.3 Å². The number of nitrogens with zero attached hydrogens (tertiary/aromatic N) is 2. The summed E-state index contributed by atoms with van der Waals surface area (Å²) < 4.78 is 0. The second kappa shape index (κ2) is 7.88. The highest BCUT2D eigenvalue weighted by atomic mass is 15.2. The Morgan fingerprint density at radius 3 is 2.42 bits per heavy atom. The SMILES string of the molecule is Cc1cccc(N2CCC(NCC(C)(C)N3CCCCC3)CC2)c1. The maximum absolute atomic E-state index is 3.87. The highest BCUT2D eigenvalue weighted by Gasteiger charge is 2.29. The number of aryl methyl sites for hydroxylation is 1. The summed E-state index contributed by atoms with van der Waals surface area (Å²) in [6.07, 6.45) is 6.67. The monoisotopic (exact) mass is 329 g/mol. The van der Waals surface area contributed by atoms with Gasteiger partial charge in [0.1, 0.15) is 0 Å². The summed E-state index contributed by atoms with van der Waals surface area (Å²) >= 11 is 0. The van der Waals surface area contributed by atoms with E-state index in [1.165, 1.54) is 69.5 Å². The van der Waals surface area contributed by atoms with E-state index in [0.29, 0.717) is 6.04 Å². The summed E-state index contributed by atoms with van der Waals surface area (Å²) in [5, 5.41) is 3.87. The van der Waals surface area contributed by atoms with Crippen molar-refractivity contribution in [2.45, 2.75) is 64.5 Å². The van der Waals surface area contributed by atoms with Gasteiger partial charge in [-0.2, -0.15) is 0 Å². The number of rotatable bonds is 5. The molecule has 0 saturated carbocycles. The first kappa shape index (κ1) is 17.8. The van der Waals surface area contributed by atoms with E-state index in [4.69, 9.17) is 0 Å². The van der Waals surface area contributed by atoms with Gasteiger partial charge in [-0.25, -0.2) is 0 Å². The lowest BCUT2D eigenvalue weighted by Crippen LogP contribution is -2.55. The van der Waals surface area contributed by atoms with E-state index < -0.39 is 0 Å². The predicted molar refractivity (Wildman–Crippen MR) is 104 cm³/mol. The van der Waals surface area contributed by atoms with Gasteiger partial charge in [-0.05, 0) is 77.2 Å². The molecule has 3 nitrogen and oxygen atoms in total. The molecule has 0 amide bonds. The summed E-state index contributed by atoms with van der Waals surface area (Å²) in [4.78, 5) is 5.23. The van der Waals surface area contributed by atoms with Crippen molar-refractivity contribution in [3.05, 3.63) is 29.8 Å². The minimum absolute atomic E-state index is 0.286. The standard InChI is InChI=1S/C21H35N3/c1-18-8-7-9-20(16-18)23-14-10-19(11-15-23)22-17-21(2,3)24-12-5-4-6-13-24/h7-9,16,19,22H,4-6,10-15,17H2,1-3H3. The molecule has 0 atom stereocenters. The molecular weight excluding hydrogens is 294 g/mol. The number of hydrogen-bond donors (Lipinski definition) is 1. The summed E-state index contributed by atoms with van der Waals surface area (Å²) in [6.45, 7) is 13.0. The molecule has 1 aromatic carbocycles. The van der Waals surface area contributed by atoms with Crippen LogP contribution in [-0.2, 0) is 0 Å². The lowest BCUT2D eigenvalue weighted by Gasteiger charge is -2.43. The van der Waals surface area contributed by atoms with Gasteiger partial charge in [-0.3, -0.25) is 4.90 Å². The predicted octanol–water partition coefficient (Wildman–Crippen LogP) is 3.82. The van der Waals surface area contributed by atoms with Crippen molar-refractivity contribution < 1.29 is 0 Å². The highest BCUT2D eigenvalue weighted by molar-refractivity contribution is 5.48. The molecule has 0 bridgehead atoms. The van der Waals surface area contributed by atoms with Gasteiger partial charge in [0.25, 0.3) is 0 Å². The number of piperidine rings is 2. The largest absolute Gasteiger partial charge is 0.371 e. The van der Waals surface area contributed by atoms with Gasteiger partial charge in [-0.15, -0.1) is 0 Å². The van der Waals surface area contributed by atoms with Crippen LogP contribution in [0.2, 0.25) is 0 Å². The summed E-state index contributed by atoms with van der Waals surface area (Å²) in [5.74, 6) is 0. The Labute approximate surface area is 148 Å². The van der Waals surface area contributed by atoms with Crippen molar-refractivity contribution in [3.8, 4) is 0 Å². The van der Waals surface area contributed by atoms with Crippen LogP contribution in [0.3, 0.4) is 0 Å². The van der Waals surface area contributed by atoms with E-state index in [1.807, 2.05) is 0 Å². The first-order valence-electron chi connectivity index (χ1n) is 9.85. The molecule has 2 fully saturated rings. The molecule has 0 unspecified atom stereocenters. The molecule has 0 aliphatic carbocycles. The van der Waals surface area contributed by atoms with Crippen molar-refractivity contribution in [1.82, 2.24) is 10.2 Å². The third-order valence-electron chi connectivity index (χ3n) is 5.90. The average Bonchev–Trinajstić information content (AvgIpc) is 2.61. The van der Waals surface area contributed by atoms with E-state index in [1.54, 1.807) is 0 Å². The van der Waals surface area contributed by atoms with E-state index in [9.17, 15) is 0 Å². The lowest BCUT2D eigenvalue weighted by atomic mass is 9.97. The van der Waals surface area contributed by atoms with Crippen LogP contribution in [0, 0.1) is 6.92 Å². The summed E-state index contributed by atoms with van der Waals surface area (Å²) in [5.41, 5.74) is 3.03. The van der Waals surface area contributed by atoms with Gasteiger partial charge < -0.3 is 10.2 Å². The van der Waals surface area contributed by atoms with Crippen LogP contribution in [-0.4, -0.2) is 49.2 Å². The third-order valence-corrected chi connectivity index (χ3v) is 5.90. The van der Waals surface area contributed by atoms with Gasteiger partial charge in [0.05, 0.1) is 0 Å². The van der Waals surface area contributed by atoms with Crippen LogP contribution < -0.4 is 10.2 Å². The number of anilines is 1. The molecule has 0 aromatic heterocycles. The Hall–Kier alpha value is -1.06. The zero-order valence-corrected chi connectivity index (χ0v) is 15.9. The maximum atomic E-state index is 3.87. The molecule has 3 heteroatoms. The van der Waals surface area contributed by atoms with Gasteiger partial charge in [0.2, 0.25) is 0 Å². The minimum Gasteiger partial charge on any atom is -0.371 e. The molecule has 1 N–H and O–H groups in total. The molecule has 2 saturated heterocycles. The van der Waals surface area contributed by atoms with Crippen LogP contribution in [0.4, 0.5) is 5.69 Å². The zero-order valence-electron chi connectivity index (χ0n) is 15.9. The molecule has 24 heavy (non-hydrogen) atoms. The lowest BCUT2D eigenvalue weighted by molar-refractivity contribution is 0.0908. The zero-order chi connectivity index (χ0) is 17.0. The summed E-state index contributed by atoms with van der Waals surface area (Å²) in [6, 6.07) is 9.60. The topological polar surface area (TPSA) is 18.5 Å². The van der Waals surface area contributed by atoms with E-state index in [-0.39, 0.29) is 5.54 Å². The second-order valence-corrected chi connectivity index (χ2v) is 8.34. The molecule has 0 spiro atoms. The number of nitrogens with one attached hydrogen (secondary N) is 1. The van der Waals surface area contributed by atoms with E-state index >= 15 is 0 Å². The Bertz CT molecular complexity index is 512. The first-order chi connectivity index (χ1) is 11.5. The van der Waals surface area contributed by atoms with Gasteiger partial charge >= 0.3 is 0 Å². The fourth-order valence-corrected chi connectivity index (χ4v) is 4.17. The second-order valence-electron chi connectivity index (χ2n) is 8.34. The van der Waals surface area contributed by atoms with Crippen LogP contribution in [0.25, 0.3) is 0 Å². The number of benzene rings is 1. The van der Waals surface area contributed by atoms with Crippen LogP contribution >= 0.6 is 0 Å². The molecule has 2 aliphatic rings. The number of likely N-dealkylation sites (tertiary alicyclic amines) is 1. The maximum Gasteiger partial charge on any atom is 0.0368 e. The Morgan fingerprint density at radius 2 is 1.75 bits per heavy atom. The molecule has 134 valence electrons. The molecule has 0 radical (unpaired) electrons. The normalized spacial score (nSPS) is 21.2. The molecule has 1 aromatic rings. The van der Waals surface area contributed by atoms with Gasteiger partial charge in [-0.1, -0.05) is 18.6 Å². The van der Waals surface area contributed by atoms with Gasteiger partial charge in [0.15, 0.2) is 0 Å². The fourth-order valence-electron chi connectivity index (χ4n) is 4.17. The molecular formula is C21H35N3. The number of hydrogen-bond acceptors (Lipinski definition) is 3. The highest BCUT2D eigenvalue weighted by Crippen LogP contribution is 2.23. The third kappa shape index (κ3) is 4.52. The van der Waals surface area contributed by atoms with Crippen molar-refractivity contribution >= 4 is 5.69 Å². The molecule has 2 aliphatic heterocycles. The molecule has 3 rings (SSSR count). The van der Waals surface area contributed by atoms with Crippen molar-refractivity contribution in [3.63, 3.8) is 0 Å². The first-order valence-corrected chi connectivity index (χ1v) is 9.85. The Balaban J connectivity index is 1.45. The van der Waals surface area contributed by atoms with Gasteiger partial charge in [0, 0.05) is 36.9 Å². The quantitative estimate of drug-likeness (QED) is 0.886. The van der Waals surface area contributed by atoms with Crippen LogP contribution in [0.5, 0.6) is 0 Å². The minimum atomic E-state index is 0.286. The Kier molecular flexibility index (Phi) is 5.83.